The third kappa shape index (κ3) is 4.01. The van der Waals surface area contributed by atoms with Crippen molar-refractivity contribution in [2.24, 2.45) is 11.7 Å². The van der Waals surface area contributed by atoms with Crippen molar-refractivity contribution in [3.05, 3.63) is 71.7 Å². The molecule has 4 rings (SSSR count). The molecule has 0 bridgehead atoms. The van der Waals surface area contributed by atoms with Crippen LogP contribution >= 0.6 is 0 Å². The zero-order valence-electron chi connectivity index (χ0n) is 16.1. The molecule has 3 aromatic rings. The number of rotatable bonds is 5. The van der Waals surface area contributed by atoms with Crippen LogP contribution in [0.5, 0.6) is 0 Å². The van der Waals surface area contributed by atoms with Gasteiger partial charge in [-0.25, -0.2) is 4.39 Å². The molecule has 0 aliphatic carbocycles. The van der Waals surface area contributed by atoms with Crippen LogP contribution in [0.3, 0.4) is 0 Å². The van der Waals surface area contributed by atoms with Crippen LogP contribution in [0, 0.1) is 11.7 Å². The second-order valence-corrected chi connectivity index (χ2v) is 7.66. The summed E-state index contributed by atoms with van der Waals surface area (Å²) in [6.45, 7) is 1.08. The lowest BCUT2D eigenvalue weighted by Gasteiger charge is -2.31. The molecule has 1 aliphatic rings. The van der Waals surface area contributed by atoms with Crippen LogP contribution in [-0.2, 0) is 9.59 Å². The van der Waals surface area contributed by atoms with Gasteiger partial charge in [-0.2, -0.15) is 0 Å². The van der Waals surface area contributed by atoms with Crippen molar-refractivity contribution in [2.75, 3.05) is 13.1 Å². The van der Waals surface area contributed by atoms with Gasteiger partial charge in [0.15, 0.2) is 0 Å². The number of hydrogen-bond donors (Lipinski definition) is 2. The van der Waals surface area contributed by atoms with Gasteiger partial charge < -0.3 is 15.6 Å². The number of aromatic nitrogens is 1. The van der Waals surface area contributed by atoms with Gasteiger partial charge in [0.1, 0.15) is 5.82 Å². The zero-order valence-corrected chi connectivity index (χ0v) is 16.1. The Labute approximate surface area is 168 Å². The van der Waals surface area contributed by atoms with E-state index >= 15 is 0 Å². The Morgan fingerprint density at radius 1 is 1.10 bits per heavy atom. The average Bonchev–Trinajstić information content (AvgIpc) is 3.16. The number of fused-ring (bicyclic) bond motifs is 1. The van der Waals surface area contributed by atoms with E-state index in [9.17, 15) is 14.0 Å². The molecule has 2 heterocycles. The van der Waals surface area contributed by atoms with Crippen molar-refractivity contribution in [3.63, 3.8) is 0 Å². The van der Waals surface area contributed by atoms with Crippen molar-refractivity contribution in [1.82, 2.24) is 9.88 Å². The second-order valence-electron chi connectivity index (χ2n) is 7.66. The molecule has 1 fully saturated rings. The van der Waals surface area contributed by atoms with Crippen LogP contribution in [0.1, 0.15) is 36.3 Å². The lowest BCUT2D eigenvalue weighted by Crippen LogP contribution is -2.42. The first-order valence-electron chi connectivity index (χ1n) is 9.91. The highest BCUT2D eigenvalue weighted by atomic mass is 19.1. The lowest BCUT2D eigenvalue weighted by molar-refractivity contribution is -0.135. The molecule has 0 spiro atoms. The maximum atomic E-state index is 13.5. The van der Waals surface area contributed by atoms with E-state index in [0.717, 1.165) is 22.0 Å². The molecule has 1 saturated heterocycles. The Hall–Kier alpha value is -3.15. The van der Waals surface area contributed by atoms with Gasteiger partial charge in [-0.05, 0) is 42.2 Å². The Balaban J connectivity index is 1.60. The summed E-state index contributed by atoms with van der Waals surface area (Å²) >= 11 is 0. The monoisotopic (exact) mass is 393 g/mol. The molecule has 150 valence electrons. The van der Waals surface area contributed by atoms with Crippen LogP contribution in [0.25, 0.3) is 10.9 Å². The fraction of sp³-hybridized carbons (Fsp3) is 0.304. The molecule has 1 unspecified atom stereocenters. The second kappa shape index (κ2) is 8.07. The maximum Gasteiger partial charge on any atom is 0.223 e. The summed E-state index contributed by atoms with van der Waals surface area (Å²) in [5.74, 6) is -0.896. The van der Waals surface area contributed by atoms with Crippen LogP contribution in [0.15, 0.2) is 54.7 Å². The first-order chi connectivity index (χ1) is 14.0. The smallest absolute Gasteiger partial charge is 0.223 e. The number of nitrogens with one attached hydrogen (secondary N) is 1. The molecule has 2 amide bonds. The number of amides is 2. The summed E-state index contributed by atoms with van der Waals surface area (Å²) in [7, 11) is 0. The number of H-pyrrole nitrogens is 1. The quantitative estimate of drug-likeness (QED) is 0.695. The molecule has 2 aromatic carbocycles. The predicted molar refractivity (Wildman–Crippen MR) is 110 cm³/mol. The Kier molecular flexibility index (Phi) is 5.34. The number of para-hydroxylation sites is 1. The molecule has 3 N–H and O–H groups in total. The third-order valence-corrected chi connectivity index (χ3v) is 5.90. The van der Waals surface area contributed by atoms with Gasteiger partial charge in [-0.1, -0.05) is 30.3 Å². The van der Waals surface area contributed by atoms with Gasteiger partial charge in [0.2, 0.25) is 11.8 Å². The minimum absolute atomic E-state index is 0.0347. The van der Waals surface area contributed by atoms with Crippen molar-refractivity contribution in [1.29, 1.82) is 0 Å². The minimum atomic E-state index is -0.300. The molecule has 0 saturated carbocycles. The highest BCUT2D eigenvalue weighted by molar-refractivity contribution is 5.86. The van der Waals surface area contributed by atoms with E-state index in [0.29, 0.717) is 25.9 Å². The SMILES string of the molecule is NC(=O)C1CCN(C(=O)CC(c2ccc(F)cc2)c2c[nH]c3ccccc23)CC1. The van der Waals surface area contributed by atoms with Crippen molar-refractivity contribution >= 4 is 22.7 Å². The van der Waals surface area contributed by atoms with Crippen molar-refractivity contribution < 1.29 is 14.0 Å². The maximum absolute atomic E-state index is 13.5. The molecular weight excluding hydrogens is 369 g/mol. The fourth-order valence-electron chi connectivity index (χ4n) is 4.20. The van der Waals surface area contributed by atoms with E-state index in [2.05, 4.69) is 4.98 Å². The summed E-state index contributed by atoms with van der Waals surface area (Å²) in [5.41, 5.74) is 8.32. The molecule has 1 aromatic heterocycles. The summed E-state index contributed by atoms with van der Waals surface area (Å²) in [4.78, 5) is 29.5. The van der Waals surface area contributed by atoms with Gasteiger partial charge in [-0.3, -0.25) is 9.59 Å². The Morgan fingerprint density at radius 3 is 2.48 bits per heavy atom. The summed E-state index contributed by atoms with van der Waals surface area (Å²) in [6, 6.07) is 14.3. The highest BCUT2D eigenvalue weighted by Crippen LogP contribution is 2.34. The number of primary amides is 1. The van der Waals surface area contributed by atoms with Crippen LogP contribution in [-0.4, -0.2) is 34.8 Å². The highest BCUT2D eigenvalue weighted by Gasteiger charge is 2.29. The van der Waals surface area contributed by atoms with E-state index in [1.165, 1.54) is 12.1 Å². The number of likely N-dealkylation sites (tertiary alicyclic amines) is 1. The number of nitrogens with zero attached hydrogens (tertiary/aromatic N) is 1. The number of nitrogens with two attached hydrogens (primary N) is 1. The van der Waals surface area contributed by atoms with Crippen LogP contribution < -0.4 is 5.73 Å². The van der Waals surface area contributed by atoms with Crippen molar-refractivity contribution in [2.45, 2.75) is 25.2 Å². The topological polar surface area (TPSA) is 79.2 Å². The molecule has 6 heteroatoms. The number of piperidine rings is 1. The van der Waals surface area contributed by atoms with Crippen LogP contribution in [0.4, 0.5) is 4.39 Å². The minimum Gasteiger partial charge on any atom is -0.369 e. The fourth-order valence-corrected chi connectivity index (χ4v) is 4.20. The number of carbonyl (C=O) groups excluding carboxylic acids is 2. The number of benzene rings is 2. The Bertz CT molecular complexity index is 1020. The van der Waals surface area contributed by atoms with E-state index in [4.69, 9.17) is 5.73 Å². The summed E-state index contributed by atoms with van der Waals surface area (Å²) < 4.78 is 13.5. The number of hydrogen-bond acceptors (Lipinski definition) is 2. The first-order valence-corrected chi connectivity index (χ1v) is 9.91. The van der Waals surface area contributed by atoms with Gasteiger partial charge in [-0.15, -0.1) is 0 Å². The average molecular weight is 393 g/mol. The summed E-state index contributed by atoms with van der Waals surface area (Å²) in [5, 5.41) is 1.06. The first kappa shape index (κ1) is 19.2. The number of halogens is 1. The van der Waals surface area contributed by atoms with E-state index < -0.39 is 0 Å². The molecule has 29 heavy (non-hydrogen) atoms. The van der Waals surface area contributed by atoms with Crippen LogP contribution in [0.2, 0.25) is 0 Å². The van der Waals surface area contributed by atoms with Gasteiger partial charge in [0.05, 0.1) is 0 Å². The predicted octanol–water partition coefficient (Wildman–Crippen LogP) is 3.55. The van der Waals surface area contributed by atoms with E-state index in [1.54, 1.807) is 12.1 Å². The van der Waals surface area contributed by atoms with Gasteiger partial charge >= 0.3 is 0 Å². The largest absolute Gasteiger partial charge is 0.369 e. The molecule has 5 nitrogen and oxygen atoms in total. The van der Waals surface area contributed by atoms with Gasteiger partial charge in [0, 0.05) is 48.4 Å². The lowest BCUT2D eigenvalue weighted by atomic mass is 9.87. The molecule has 1 aliphatic heterocycles. The summed E-state index contributed by atoms with van der Waals surface area (Å²) in [6.07, 6.45) is 3.44. The zero-order chi connectivity index (χ0) is 20.4. The van der Waals surface area contributed by atoms with E-state index in [-0.39, 0.29) is 35.9 Å². The molecule has 0 radical (unpaired) electrons. The molecule has 1 atom stereocenters. The third-order valence-electron chi connectivity index (χ3n) is 5.90. The van der Waals surface area contributed by atoms with Crippen molar-refractivity contribution in [3.8, 4) is 0 Å². The van der Waals surface area contributed by atoms with Gasteiger partial charge in [0.25, 0.3) is 0 Å². The Morgan fingerprint density at radius 2 is 1.79 bits per heavy atom. The normalized spacial score (nSPS) is 16.1. The standard InChI is InChI=1S/C23H24FN3O2/c24-17-7-5-15(6-8-17)19(20-14-26-21-4-2-1-3-18(20)21)13-22(28)27-11-9-16(10-12-27)23(25)29/h1-8,14,16,19,26H,9-13H2,(H2,25,29). The number of aromatic amines is 1. The number of carbonyl (C=O) groups is 2. The van der Waals surface area contributed by atoms with E-state index in [1.807, 2.05) is 35.4 Å². The molecular formula is C23H24FN3O2.